The first-order chi connectivity index (χ1) is 15.2. The zero-order chi connectivity index (χ0) is 23.7. The largest absolute Gasteiger partial charge is 0.301 e. The van der Waals surface area contributed by atoms with Crippen molar-refractivity contribution in [1.29, 1.82) is 0 Å². The Kier molecular flexibility index (Phi) is 7.54. The Balaban J connectivity index is 1.98. The number of hydrogen-bond acceptors (Lipinski definition) is 12. The van der Waals surface area contributed by atoms with E-state index in [4.69, 9.17) is 0 Å². The van der Waals surface area contributed by atoms with Gasteiger partial charge in [0.1, 0.15) is 11.4 Å². The van der Waals surface area contributed by atoms with Crippen LogP contribution in [0.25, 0.3) is 0 Å². The molecular formula is C16H12N8O8. The van der Waals surface area contributed by atoms with Crippen LogP contribution < -0.4 is 10.9 Å². The van der Waals surface area contributed by atoms with E-state index in [1.54, 1.807) is 0 Å². The second-order valence-electron chi connectivity index (χ2n) is 5.60. The Morgan fingerprint density at radius 1 is 0.625 bits per heavy atom. The molecule has 0 aliphatic heterocycles. The van der Waals surface area contributed by atoms with Gasteiger partial charge in [-0.15, -0.1) is 0 Å². The maximum Gasteiger partial charge on any atom is 0.301 e. The van der Waals surface area contributed by atoms with E-state index in [0.29, 0.717) is 0 Å². The molecule has 0 amide bonds. The molecule has 0 heterocycles. The van der Waals surface area contributed by atoms with E-state index in [1.165, 1.54) is 24.6 Å². The number of non-ortho nitro benzene ring substituents is 2. The van der Waals surface area contributed by atoms with Crippen molar-refractivity contribution in [2.75, 3.05) is 10.9 Å². The summed E-state index contributed by atoms with van der Waals surface area (Å²) >= 11 is 0. The highest BCUT2D eigenvalue weighted by molar-refractivity contribution is 5.82. The Morgan fingerprint density at radius 2 is 1.00 bits per heavy atom. The molecule has 16 heteroatoms. The van der Waals surface area contributed by atoms with Crippen molar-refractivity contribution in [3.05, 3.63) is 89.0 Å². The number of allylic oxidation sites excluding steroid dienone is 2. The SMILES string of the molecule is O=[N+]([O-])c1ccc(NN=CC=CC=NNc2ccc([N+](=O)[O-])cc2[N+](=O)[O-])c([N+](=O)[O-])c1. The van der Waals surface area contributed by atoms with Crippen LogP contribution in [0.15, 0.2) is 58.8 Å². The fraction of sp³-hybridized carbons (Fsp3) is 0. The van der Waals surface area contributed by atoms with Crippen molar-refractivity contribution >= 4 is 46.6 Å². The van der Waals surface area contributed by atoms with Crippen LogP contribution in [0.1, 0.15) is 0 Å². The van der Waals surface area contributed by atoms with Gasteiger partial charge in [0, 0.05) is 24.6 Å². The summed E-state index contributed by atoms with van der Waals surface area (Å²) in [5.74, 6) is 0. The summed E-state index contributed by atoms with van der Waals surface area (Å²) in [6, 6.07) is 6.03. The number of nitro groups is 4. The van der Waals surface area contributed by atoms with Crippen molar-refractivity contribution in [3.8, 4) is 0 Å². The summed E-state index contributed by atoms with van der Waals surface area (Å²) in [6.07, 6.45) is 5.12. The van der Waals surface area contributed by atoms with E-state index in [9.17, 15) is 40.5 Å². The lowest BCUT2D eigenvalue weighted by atomic mass is 10.2. The molecule has 0 aromatic heterocycles. The summed E-state index contributed by atoms with van der Waals surface area (Å²) in [5, 5.41) is 50.9. The number of hydrazone groups is 2. The molecule has 0 fully saturated rings. The van der Waals surface area contributed by atoms with Gasteiger partial charge in [0.05, 0.1) is 31.8 Å². The Bertz CT molecular complexity index is 1070. The summed E-state index contributed by atoms with van der Waals surface area (Å²) in [5.41, 5.74) is 2.68. The fourth-order valence-electron chi connectivity index (χ4n) is 2.16. The zero-order valence-electron chi connectivity index (χ0n) is 15.7. The van der Waals surface area contributed by atoms with Gasteiger partial charge in [-0.1, -0.05) is 0 Å². The zero-order valence-corrected chi connectivity index (χ0v) is 15.7. The van der Waals surface area contributed by atoms with Crippen molar-refractivity contribution < 1.29 is 19.7 Å². The minimum atomic E-state index is -0.795. The van der Waals surface area contributed by atoms with Gasteiger partial charge in [-0.25, -0.2) is 0 Å². The molecule has 0 spiro atoms. The molecule has 2 rings (SSSR count). The number of rotatable bonds is 10. The highest BCUT2D eigenvalue weighted by Crippen LogP contribution is 2.29. The average Bonchev–Trinajstić information content (AvgIpc) is 2.75. The Labute approximate surface area is 177 Å². The van der Waals surface area contributed by atoms with Crippen molar-refractivity contribution in [2.24, 2.45) is 10.2 Å². The van der Waals surface area contributed by atoms with Crippen LogP contribution >= 0.6 is 0 Å². The number of nitro benzene ring substituents is 4. The highest BCUT2D eigenvalue weighted by Gasteiger charge is 2.20. The van der Waals surface area contributed by atoms with Crippen molar-refractivity contribution in [1.82, 2.24) is 0 Å². The second-order valence-corrected chi connectivity index (χ2v) is 5.60. The summed E-state index contributed by atoms with van der Waals surface area (Å²) in [6.45, 7) is 0. The molecule has 0 atom stereocenters. The molecule has 0 saturated heterocycles. The van der Waals surface area contributed by atoms with Crippen LogP contribution in [0, 0.1) is 40.5 Å². The van der Waals surface area contributed by atoms with Gasteiger partial charge in [-0.05, 0) is 24.3 Å². The molecule has 16 nitrogen and oxygen atoms in total. The summed E-state index contributed by atoms with van der Waals surface area (Å²) in [4.78, 5) is 40.3. The molecule has 32 heavy (non-hydrogen) atoms. The van der Waals surface area contributed by atoms with Crippen LogP contribution in [0.5, 0.6) is 0 Å². The molecule has 0 bridgehead atoms. The summed E-state index contributed by atoms with van der Waals surface area (Å²) in [7, 11) is 0. The first kappa shape index (κ1) is 23.0. The lowest BCUT2D eigenvalue weighted by Crippen LogP contribution is -1.98. The second kappa shape index (κ2) is 10.5. The normalized spacial score (nSPS) is 11.1. The summed E-state index contributed by atoms with van der Waals surface area (Å²) < 4.78 is 0. The lowest BCUT2D eigenvalue weighted by Gasteiger charge is -2.01. The quantitative estimate of drug-likeness (QED) is 0.309. The molecule has 0 saturated carbocycles. The van der Waals surface area contributed by atoms with Crippen molar-refractivity contribution in [3.63, 3.8) is 0 Å². The molecule has 164 valence electrons. The van der Waals surface area contributed by atoms with Crippen LogP contribution in [0.3, 0.4) is 0 Å². The van der Waals surface area contributed by atoms with E-state index in [0.717, 1.165) is 36.4 Å². The highest BCUT2D eigenvalue weighted by atomic mass is 16.6. The molecule has 0 unspecified atom stereocenters. The molecule has 0 aliphatic carbocycles. The smallest absolute Gasteiger partial charge is 0.272 e. The number of hydrogen-bond donors (Lipinski definition) is 2. The first-order valence-corrected chi connectivity index (χ1v) is 8.29. The van der Waals surface area contributed by atoms with Crippen LogP contribution in [0.4, 0.5) is 34.1 Å². The Hall–Kier alpha value is -5.28. The predicted octanol–water partition coefficient (Wildman–Crippen LogP) is 3.37. The molecule has 2 N–H and O–H groups in total. The van der Waals surface area contributed by atoms with Gasteiger partial charge < -0.3 is 0 Å². The van der Waals surface area contributed by atoms with Gasteiger partial charge in [0.2, 0.25) is 0 Å². The molecule has 0 aliphatic rings. The molecular weight excluding hydrogens is 432 g/mol. The predicted molar refractivity (Wildman–Crippen MR) is 113 cm³/mol. The monoisotopic (exact) mass is 444 g/mol. The van der Waals surface area contributed by atoms with Gasteiger partial charge >= 0.3 is 11.4 Å². The Morgan fingerprint density at radius 3 is 1.31 bits per heavy atom. The number of nitrogens with one attached hydrogen (secondary N) is 2. The average molecular weight is 444 g/mol. The van der Waals surface area contributed by atoms with E-state index in [1.807, 2.05) is 0 Å². The van der Waals surface area contributed by atoms with Gasteiger partial charge in [0.15, 0.2) is 0 Å². The third-order valence-electron chi connectivity index (χ3n) is 3.58. The number of nitrogens with zero attached hydrogens (tertiary/aromatic N) is 6. The molecule has 0 radical (unpaired) electrons. The van der Waals surface area contributed by atoms with Crippen LogP contribution in [0.2, 0.25) is 0 Å². The fourth-order valence-corrected chi connectivity index (χ4v) is 2.16. The molecule has 2 aromatic rings. The van der Waals surface area contributed by atoms with Gasteiger partial charge in [-0.3, -0.25) is 51.3 Å². The first-order valence-electron chi connectivity index (χ1n) is 8.29. The third kappa shape index (κ3) is 6.11. The maximum atomic E-state index is 11.0. The van der Waals surface area contributed by atoms with Crippen LogP contribution in [-0.2, 0) is 0 Å². The van der Waals surface area contributed by atoms with E-state index in [2.05, 4.69) is 21.1 Å². The van der Waals surface area contributed by atoms with E-state index < -0.39 is 42.4 Å². The standard InChI is InChI=1S/C16H12N8O8/c25-21(26)11-3-5-13(15(9-11)23(29)30)19-17-7-1-2-8-18-20-14-6-4-12(22(27)28)10-16(14)24(31)32/h1-10,19-20H. The van der Waals surface area contributed by atoms with Gasteiger partial charge in [-0.2, -0.15) is 10.2 Å². The van der Waals surface area contributed by atoms with Crippen LogP contribution in [-0.4, -0.2) is 32.1 Å². The lowest BCUT2D eigenvalue weighted by molar-refractivity contribution is -0.393. The number of benzene rings is 2. The van der Waals surface area contributed by atoms with E-state index >= 15 is 0 Å². The minimum Gasteiger partial charge on any atom is -0.272 e. The van der Waals surface area contributed by atoms with E-state index in [-0.39, 0.29) is 11.4 Å². The third-order valence-corrected chi connectivity index (χ3v) is 3.58. The maximum absolute atomic E-state index is 11.0. The molecule has 2 aromatic carbocycles. The topological polar surface area (TPSA) is 221 Å². The van der Waals surface area contributed by atoms with Gasteiger partial charge in [0.25, 0.3) is 11.4 Å². The number of anilines is 2. The van der Waals surface area contributed by atoms with Crippen molar-refractivity contribution in [2.45, 2.75) is 0 Å². The minimum absolute atomic E-state index is 0.0638.